The van der Waals surface area contributed by atoms with E-state index in [0.29, 0.717) is 17.7 Å². The van der Waals surface area contributed by atoms with Gasteiger partial charge in [0.2, 0.25) is 5.91 Å². The lowest BCUT2D eigenvalue weighted by atomic mass is 10.2. The zero-order valence-corrected chi connectivity index (χ0v) is 10.3. The van der Waals surface area contributed by atoms with Gasteiger partial charge in [-0.05, 0) is 36.8 Å². The molecule has 0 saturated carbocycles. The molecule has 0 radical (unpaired) electrons. The zero-order valence-electron chi connectivity index (χ0n) is 9.49. The van der Waals surface area contributed by atoms with Gasteiger partial charge < -0.3 is 10.6 Å². The summed E-state index contributed by atoms with van der Waals surface area (Å²) in [7, 11) is 0. The van der Waals surface area contributed by atoms with Gasteiger partial charge in [0, 0.05) is 12.1 Å². The molecule has 2 N–H and O–H groups in total. The molecule has 1 aromatic carbocycles. The van der Waals surface area contributed by atoms with Crippen molar-refractivity contribution < 1.29 is 4.79 Å². The van der Waals surface area contributed by atoms with Gasteiger partial charge in [-0.3, -0.25) is 4.79 Å². The lowest BCUT2D eigenvalue weighted by Gasteiger charge is -2.09. The second-order valence-electron chi connectivity index (χ2n) is 3.44. The highest BCUT2D eigenvalue weighted by Gasteiger charge is 2.03. The van der Waals surface area contributed by atoms with Crippen LogP contribution in [-0.4, -0.2) is 11.0 Å². The van der Waals surface area contributed by atoms with Crippen molar-refractivity contribution in [3.63, 3.8) is 0 Å². The normalized spacial score (nSPS) is 9.18. The van der Waals surface area contributed by atoms with E-state index < -0.39 is 0 Å². The highest BCUT2D eigenvalue weighted by atomic mass is 32.1. The second kappa shape index (κ2) is 6.61. The monoisotopic (exact) mass is 247 g/mol. The molecule has 0 aliphatic carbocycles. The third-order valence-electron chi connectivity index (χ3n) is 1.98. The molecular formula is C12H13N3OS. The molecule has 0 atom stereocenters. The van der Waals surface area contributed by atoms with Gasteiger partial charge in [-0.1, -0.05) is 13.0 Å². The maximum absolute atomic E-state index is 11.3. The first-order valence-electron chi connectivity index (χ1n) is 5.26. The predicted octanol–water partition coefficient (Wildman–Crippen LogP) is 2.17. The zero-order chi connectivity index (χ0) is 12.7. The Hall–Kier alpha value is -1.93. The Morgan fingerprint density at radius 2 is 2.29 bits per heavy atom. The van der Waals surface area contributed by atoms with Crippen LogP contribution in [0.3, 0.4) is 0 Å². The first kappa shape index (κ1) is 13.1. The molecule has 0 aromatic heterocycles. The highest BCUT2D eigenvalue weighted by Crippen LogP contribution is 2.09. The van der Waals surface area contributed by atoms with Crippen LogP contribution in [0, 0.1) is 11.3 Å². The van der Waals surface area contributed by atoms with Crippen molar-refractivity contribution >= 4 is 28.9 Å². The van der Waals surface area contributed by atoms with E-state index in [0.717, 1.165) is 6.42 Å². The first-order valence-corrected chi connectivity index (χ1v) is 5.67. The third kappa shape index (κ3) is 4.62. The van der Waals surface area contributed by atoms with E-state index in [9.17, 15) is 4.79 Å². The van der Waals surface area contributed by atoms with Gasteiger partial charge >= 0.3 is 0 Å². The predicted molar refractivity (Wildman–Crippen MR) is 70.4 cm³/mol. The lowest BCUT2D eigenvalue weighted by Crippen LogP contribution is -2.33. The molecule has 0 heterocycles. The maximum Gasteiger partial charge on any atom is 0.226 e. The lowest BCUT2D eigenvalue weighted by molar-refractivity contribution is -0.119. The van der Waals surface area contributed by atoms with Crippen LogP contribution in [0.5, 0.6) is 0 Å². The number of carbonyl (C=O) groups excluding carboxylic acids is 1. The number of benzene rings is 1. The Kier molecular flexibility index (Phi) is 5.11. The van der Waals surface area contributed by atoms with Crippen LogP contribution < -0.4 is 10.6 Å². The van der Waals surface area contributed by atoms with Crippen LogP contribution >= 0.6 is 12.2 Å². The van der Waals surface area contributed by atoms with Crippen molar-refractivity contribution in [2.24, 2.45) is 0 Å². The van der Waals surface area contributed by atoms with Crippen molar-refractivity contribution in [3.05, 3.63) is 29.8 Å². The van der Waals surface area contributed by atoms with E-state index in [2.05, 4.69) is 10.6 Å². The summed E-state index contributed by atoms with van der Waals surface area (Å²) in [6.45, 7) is 1.92. The van der Waals surface area contributed by atoms with Gasteiger partial charge in [0.1, 0.15) is 0 Å². The van der Waals surface area contributed by atoms with Crippen molar-refractivity contribution in [3.8, 4) is 6.07 Å². The van der Waals surface area contributed by atoms with Crippen molar-refractivity contribution in [1.29, 1.82) is 5.26 Å². The van der Waals surface area contributed by atoms with Crippen LogP contribution in [0.2, 0.25) is 0 Å². The quantitative estimate of drug-likeness (QED) is 0.803. The molecular weight excluding hydrogens is 234 g/mol. The number of amides is 1. The van der Waals surface area contributed by atoms with Crippen LogP contribution in [0.4, 0.5) is 5.69 Å². The molecule has 0 aliphatic heterocycles. The molecule has 1 rings (SSSR count). The SMILES string of the molecule is CCCC(=O)NC(=S)Nc1cccc(C#N)c1. The molecule has 1 aromatic rings. The standard InChI is InChI=1S/C12H13N3OS/c1-2-4-11(16)15-12(17)14-10-6-3-5-9(7-10)8-13/h3,5-7H,2,4H2,1H3,(H2,14,15,16,17). The Bertz CT molecular complexity index is 465. The minimum absolute atomic E-state index is 0.110. The van der Waals surface area contributed by atoms with Crippen LogP contribution in [0.1, 0.15) is 25.3 Å². The summed E-state index contributed by atoms with van der Waals surface area (Å²) in [5.74, 6) is -0.110. The molecule has 0 aliphatic rings. The number of anilines is 1. The number of thiocarbonyl (C=S) groups is 1. The fourth-order valence-corrected chi connectivity index (χ4v) is 1.48. The highest BCUT2D eigenvalue weighted by molar-refractivity contribution is 7.80. The number of rotatable bonds is 3. The molecule has 88 valence electrons. The second-order valence-corrected chi connectivity index (χ2v) is 3.85. The number of nitrogens with one attached hydrogen (secondary N) is 2. The smallest absolute Gasteiger partial charge is 0.226 e. The van der Waals surface area contributed by atoms with Crippen molar-refractivity contribution in [1.82, 2.24) is 5.32 Å². The molecule has 0 saturated heterocycles. The minimum Gasteiger partial charge on any atom is -0.332 e. The number of hydrogen-bond donors (Lipinski definition) is 2. The van der Waals surface area contributed by atoms with E-state index in [4.69, 9.17) is 17.5 Å². The average Bonchev–Trinajstić information content (AvgIpc) is 2.29. The van der Waals surface area contributed by atoms with Gasteiger partial charge in [-0.15, -0.1) is 0 Å². The number of hydrogen-bond acceptors (Lipinski definition) is 3. The van der Waals surface area contributed by atoms with E-state index in [1.165, 1.54) is 0 Å². The van der Waals surface area contributed by atoms with Crippen LogP contribution in [0.25, 0.3) is 0 Å². The summed E-state index contributed by atoms with van der Waals surface area (Å²) in [5.41, 5.74) is 1.23. The number of nitriles is 1. The van der Waals surface area contributed by atoms with E-state index in [-0.39, 0.29) is 11.0 Å². The molecule has 0 unspecified atom stereocenters. The topological polar surface area (TPSA) is 64.9 Å². The van der Waals surface area contributed by atoms with E-state index >= 15 is 0 Å². The Morgan fingerprint density at radius 1 is 1.53 bits per heavy atom. The van der Waals surface area contributed by atoms with Crippen molar-refractivity contribution in [2.75, 3.05) is 5.32 Å². The average molecular weight is 247 g/mol. The Balaban J connectivity index is 2.56. The first-order chi connectivity index (χ1) is 8.15. The van der Waals surface area contributed by atoms with Crippen LogP contribution in [-0.2, 0) is 4.79 Å². The summed E-state index contributed by atoms with van der Waals surface area (Å²) in [4.78, 5) is 11.3. The van der Waals surface area contributed by atoms with Gasteiger partial charge in [0.15, 0.2) is 5.11 Å². The van der Waals surface area contributed by atoms with Gasteiger partial charge in [0.25, 0.3) is 0 Å². The molecule has 0 fully saturated rings. The van der Waals surface area contributed by atoms with Gasteiger partial charge in [-0.25, -0.2) is 0 Å². The molecule has 0 bridgehead atoms. The molecule has 4 nitrogen and oxygen atoms in total. The molecule has 1 amide bonds. The van der Waals surface area contributed by atoms with Crippen LogP contribution in [0.15, 0.2) is 24.3 Å². The third-order valence-corrected chi connectivity index (χ3v) is 2.18. The fraction of sp³-hybridized carbons (Fsp3) is 0.250. The van der Waals surface area contributed by atoms with Gasteiger partial charge in [-0.2, -0.15) is 5.26 Å². The summed E-state index contributed by atoms with van der Waals surface area (Å²) in [5, 5.41) is 14.4. The Labute approximate surface area is 106 Å². The maximum atomic E-state index is 11.3. The van der Waals surface area contributed by atoms with E-state index in [1.54, 1.807) is 24.3 Å². The molecule has 0 spiro atoms. The number of nitrogens with zero attached hydrogens (tertiary/aromatic N) is 1. The van der Waals surface area contributed by atoms with Crippen molar-refractivity contribution in [2.45, 2.75) is 19.8 Å². The summed E-state index contributed by atoms with van der Waals surface area (Å²) >= 11 is 4.98. The van der Waals surface area contributed by atoms with Gasteiger partial charge in [0.05, 0.1) is 11.6 Å². The minimum atomic E-state index is -0.110. The summed E-state index contributed by atoms with van der Waals surface area (Å²) in [6.07, 6.45) is 1.22. The van der Waals surface area contributed by atoms with E-state index in [1.807, 2.05) is 13.0 Å². The Morgan fingerprint density at radius 3 is 2.94 bits per heavy atom. The molecule has 5 heteroatoms. The number of carbonyl (C=O) groups is 1. The molecule has 17 heavy (non-hydrogen) atoms. The summed E-state index contributed by atoms with van der Waals surface area (Å²) in [6, 6.07) is 8.92. The fourth-order valence-electron chi connectivity index (χ4n) is 1.25. The summed E-state index contributed by atoms with van der Waals surface area (Å²) < 4.78 is 0. The largest absolute Gasteiger partial charge is 0.332 e.